The predicted molar refractivity (Wildman–Crippen MR) is 88.2 cm³/mol. The molecule has 2 aromatic rings. The van der Waals surface area contributed by atoms with Gasteiger partial charge in [-0.1, -0.05) is 29.8 Å². The number of amides is 1. The number of nitrogens with one attached hydrogen (secondary N) is 1. The highest BCUT2D eigenvalue weighted by molar-refractivity contribution is 7.98. The van der Waals surface area contributed by atoms with Crippen molar-refractivity contribution in [2.45, 2.75) is 12.5 Å². The second-order valence-electron chi connectivity index (χ2n) is 4.85. The average molecular weight is 330 g/mol. The Morgan fingerprint density at radius 1 is 1.50 bits per heavy atom. The van der Waals surface area contributed by atoms with Crippen molar-refractivity contribution in [3.8, 4) is 0 Å². The molecule has 0 radical (unpaired) electrons. The van der Waals surface area contributed by atoms with Crippen LogP contribution < -0.4 is 5.32 Å². The van der Waals surface area contributed by atoms with Crippen LogP contribution in [-0.4, -0.2) is 35.2 Å². The van der Waals surface area contributed by atoms with E-state index in [2.05, 4.69) is 5.32 Å². The summed E-state index contributed by atoms with van der Waals surface area (Å²) in [6.45, 7) is 1.91. The van der Waals surface area contributed by atoms with Crippen LogP contribution in [-0.2, 0) is 0 Å². The molecule has 2 rings (SSSR count). The number of aliphatic hydroxyl groups is 1. The molecule has 1 atom stereocenters. The summed E-state index contributed by atoms with van der Waals surface area (Å²) < 4.78 is 0.985. The molecule has 0 spiro atoms. The minimum Gasteiger partial charge on any atom is -0.387 e. The highest BCUT2D eigenvalue weighted by Gasteiger charge is 2.23. The van der Waals surface area contributed by atoms with Gasteiger partial charge in [-0.3, -0.25) is 4.79 Å². The second-order valence-corrected chi connectivity index (χ2v) is 7.15. The predicted octanol–water partition coefficient (Wildman–Crippen LogP) is 3.40. The van der Waals surface area contributed by atoms with Gasteiger partial charge in [0.1, 0.15) is 4.88 Å². The summed E-state index contributed by atoms with van der Waals surface area (Å²) in [6.07, 6.45) is 1.92. The van der Waals surface area contributed by atoms with Gasteiger partial charge >= 0.3 is 0 Å². The van der Waals surface area contributed by atoms with E-state index in [9.17, 15) is 9.90 Å². The molecule has 3 nitrogen and oxygen atoms in total. The fraction of sp³-hybridized carbons (Fsp3) is 0.357. The Labute approximate surface area is 131 Å². The van der Waals surface area contributed by atoms with Crippen molar-refractivity contribution in [2.75, 3.05) is 18.6 Å². The fourth-order valence-corrected chi connectivity index (χ4v) is 4.03. The van der Waals surface area contributed by atoms with Gasteiger partial charge in [0.2, 0.25) is 0 Å². The monoisotopic (exact) mass is 329 g/mol. The van der Waals surface area contributed by atoms with E-state index in [0.29, 0.717) is 15.7 Å². The molecule has 0 aliphatic heterocycles. The van der Waals surface area contributed by atoms with Gasteiger partial charge in [-0.05, 0) is 19.2 Å². The lowest BCUT2D eigenvalue weighted by Crippen LogP contribution is -2.42. The number of thiophene rings is 1. The van der Waals surface area contributed by atoms with E-state index in [1.807, 2.05) is 30.5 Å². The summed E-state index contributed by atoms with van der Waals surface area (Å²) >= 11 is 9.15. The van der Waals surface area contributed by atoms with Gasteiger partial charge in [0, 0.05) is 22.4 Å². The SMILES string of the molecule is CSCC(C)(O)CNC(=O)c1sc2ccccc2c1Cl. The Kier molecular flexibility index (Phi) is 4.96. The van der Waals surface area contributed by atoms with E-state index in [-0.39, 0.29) is 12.5 Å². The Morgan fingerprint density at radius 2 is 2.20 bits per heavy atom. The molecule has 0 saturated carbocycles. The molecule has 2 N–H and O–H groups in total. The number of hydrogen-bond donors (Lipinski definition) is 2. The molecule has 1 aromatic carbocycles. The third-order valence-electron chi connectivity index (χ3n) is 2.83. The summed E-state index contributed by atoms with van der Waals surface area (Å²) in [4.78, 5) is 12.7. The van der Waals surface area contributed by atoms with E-state index in [0.717, 1.165) is 10.1 Å². The normalized spacial score (nSPS) is 14.2. The lowest BCUT2D eigenvalue weighted by molar-refractivity contribution is 0.0727. The van der Waals surface area contributed by atoms with Gasteiger partial charge in [0.05, 0.1) is 10.6 Å². The smallest absolute Gasteiger partial charge is 0.263 e. The maximum atomic E-state index is 12.2. The third kappa shape index (κ3) is 3.47. The molecule has 20 heavy (non-hydrogen) atoms. The van der Waals surface area contributed by atoms with E-state index in [1.54, 1.807) is 6.92 Å². The van der Waals surface area contributed by atoms with Crippen LogP contribution in [0, 0.1) is 0 Å². The number of benzene rings is 1. The molecular formula is C14H16ClNO2S2. The first-order chi connectivity index (χ1) is 9.44. The third-order valence-corrected chi connectivity index (χ3v) is 5.41. The van der Waals surface area contributed by atoms with E-state index < -0.39 is 5.60 Å². The lowest BCUT2D eigenvalue weighted by Gasteiger charge is -2.22. The number of carbonyl (C=O) groups is 1. The molecular weight excluding hydrogens is 314 g/mol. The Bertz CT molecular complexity index is 625. The van der Waals surface area contributed by atoms with Gasteiger partial charge < -0.3 is 10.4 Å². The molecule has 1 unspecified atom stereocenters. The van der Waals surface area contributed by atoms with Crippen molar-refractivity contribution >= 4 is 50.7 Å². The number of hydrogen-bond acceptors (Lipinski definition) is 4. The molecule has 1 heterocycles. The Hall–Kier alpha value is -0.750. The first-order valence-corrected chi connectivity index (χ1v) is 8.70. The topological polar surface area (TPSA) is 49.3 Å². The van der Waals surface area contributed by atoms with Crippen molar-refractivity contribution in [2.24, 2.45) is 0 Å². The number of carbonyl (C=O) groups excluding carboxylic acids is 1. The lowest BCUT2D eigenvalue weighted by atomic mass is 10.1. The highest BCUT2D eigenvalue weighted by Crippen LogP contribution is 2.34. The van der Waals surface area contributed by atoms with Crippen molar-refractivity contribution in [1.29, 1.82) is 0 Å². The molecule has 0 aliphatic carbocycles. The molecule has 0 fully saturated rings. The zero-order valence-corrected chi connectivity index (χ0v) is 13.7. The maximum absolute atomic E-state index is 12.2. The minimum atomic E-state index is -0.918. The average Bonchev–Trinajstić information content (AvgIpc) is 2.74. The Balaban J connectivity index is 2.14. The number of thioether (sulfide) groups is 1. The van der Waals surface area contributed by atoms with Gasteiger partial charge in [-0.2, -0.15) is 11.8 Å². The minimum absolute atomic E-state index is 0.206. The van der Waals surface area contributed by atoms with Crippen molar-refractivity contribution in [1.82, 2.24) is 5.32 Å². The van der Waals surface area contributed by atoms with Gasteiger partial charge in [0.25, 0.3) is 5.91 Å². The van der Waals surface area contributed by atoms with Crippen LogP contribution in [0.1, 0.15) is 16.6 Å². The van der Waals surface area contributed by atoms with Gasteiger partial charge in [-0.15, -0.1) is 11.3 Å². The summed E-state index contributed by atoms with van der Waals surface area (Å²) in [7, 11) is 0. The van der Waals surface area contributed by atoms with Crippen LogP contribution >= 0.6 is 34.7 Å². The van der Waals surface area contributed by atoms with Crippen LogP contribution in [0.25, 0.3) is 10.1 Å². The molecule has 108 valence electrons. The quantitative estimate of drug-likeness (QED) is 0.884. The van der Waals surface area contributed by atoms with Gasteiger partial charge in [-0.25, -0.2) is 0 Å². The van der Waals surface area contributed by atoms with Crippen LogP contribution in [0.4, 0.5) is 0 Å². The molecule has 0 bridgehead atoms. The molecule has 0 aliphatic rings. The standard InChI is InChI=1S/C14H16ClNO2S2/c1-14(18,8-19-2)7-16-13(17)12-11(15)9-5-3-4-6-10(9)20-12/h3-6,18H,7-8H2,1-2H3,(H,16,17). The first-order valence-electron chi connectivity index (χ1n) is 6.11. The van der Waals surface area contributed by atoms with Crippen molar-refractivity contribution in [3.63, 3.8) is 0 Å². The molecule has 0 saturated heterocycles. The summed E-state index contributed by atoms with van der Waals surface area (Å²) in [5.41, 5.74) is -0.918. The molecule has 1 aromatic heterocycles. The van der Waals surface area contributed by atoms with Crippen molar-refractivity contribution < 1.29 is 9.90 Å². The zero-order chi connectivity index (χ0) is 14.8. The van der Waals surface area contributed by atoms with E-state index >= 15 is 0 Å². The van der Waals surface area contributed by atoms with Crippen LogP contribution in [0.2, 0.25) is 5.02 Å². The highest BCUT2D eigenvalue weighted by atomic mass is 35.5. The summed E-state index contributed by atoms with van der Waals surface area (Å²) in [5.74, 6) is 0.325. The number of fused-ring (bicyclic) bond motifs is 1. The number of rotatable bonds is 5. The van der Waals surface area contributed by atoms with Crippen molar-refractivity contribution in [3.05, 3.63) is 34.2 Å². The van der Waals surface area contributed by atoms with Crippen LogP contribution in [0.5, 0.6) is 0 Å². The number of halogens is 1. The summed E-state index contributed by atoms with van der Waals surface area (Å²) in [5, 5.41) is 14.2. The summed E-state index contributed by atoms with van der Waals surface area (Å²) in [6, 6.07) is 7.65. The largest absolute Gasteiger partial charge is 0.387 e. The first kappa shape index (κ1) is 15.6. The van der Waals surface area contributed by atoms with E-state index in [4.69, 9.17) is 11.6 Å². The maximum Gasteiger partial charge on any atom is 0.263 e. The fourth-order valence-electron chi connectivity index (χ4n) is 1.87. The van der Waals surface area contributed by atoms with Gasteiger partial charge in [0.15, 0.2) is 0 Å². The van der Waals surface area contributed by atoms with Crippen LogP contribution in [0.15, 0.2) is 24.3 Å². The molecule has 1 amide bonds. The Morgan fingerprint density at radius 3 is 2.85 bits per heavy atom. The second kappa shape index (κ2) is 6.35. The van der Waals surface area contributed by atoms with E-state index in [1.165, 1.54) is 23.1 Å². The zero-order valence-electron chi connectivity index (χ0n) is 11.3. The van der Waals surface area contributed by atoms with Crippen LogP contribution in [0.3, 0.4) is 0 Å². The molecule has 6 heteroatoms.